The predicted molar refractivity (Wildman–Crippen MR) is 57.0 cm³/mol. The molecule has 0 unspecified atom stereocenters. The molecule has 3 nitrogen and oxygen atoms in total. The van der Waals surface area contributed by atoms with Crippen LogP contribution in [0.2, 0.25) is 0 Å². The van der Waals surface area contributed by atoms with E-state index in [-0.39, 0.29) is 0 Å². The van der Waals surface area contributed by atoms with E-state index in [4.69, 9.17) is 9.15 Å². The molecule has 4 heteroatoms. The third-order valence-corrected chi connectivity index (χ3v) is 2.57. The fourth-order valence-corrected chi connectivity index (χ4v) is 1.63. The molecule has 0 bridgehead atoms. The number of fused-ring (bicyclic) bond motifs is 1. The molecule has 14 heavy (non-hydrogen) atoms. The van der Waals surface area contributed by atoms with Gasteiger partial charge in [-0.15, -0.1) is 11.8 Å². The third-order valence-electron chi connectivity index (χ3n) is 1.84. The van der Waals surface area contributed by atoms with Gasteiger partial charge in [-0.3, -0.25) is 0 Å². The number of nitrogens with zero attached hydrogens (tertiary/aromatic N) is 1. The summed E-state index contributed by atoms with van der Waals surface area (Å²) in [7, 11) is 0. The highest BCUT2D eigenvalue weighted by molar-refractivity contribution is 7.98. The Morgan fingerprint density at radius 2 is 2.36 bits per heavy atom. The van der Waals surface area contributed by atoms with E-state index in [1.807, 2.05) is 31.4 Å². The minimum atomic E-state index is 0.348. The molecule has 0 saturated carbocycles. The summed E-state index contributed by atoms with van der Waals surface area (Å²) < 4.78 is 10.5. The zero-order chi connectivity index (χ0) is 9.97. The van der Waals surface area contributed by atoms with Gasteiger partial charge in [0.25, 0.3) is 0 Å². The number of hydrogen-bond donors (Lipinski definition) is 0. The SMILES string of the molecule is CCOc1nc2cc(SC)ccc2o1. The van der Waals surface area contributed by atoms with Crippen molar-refractivity contribution in [3.05, 3.63) is 18.2 Å². The molecule has 0 aliphatic rings. The van der Waals surface area contributed by atoms with Crippen LogP contribution in [0, 0.1) is 0 Å². The Labute approximate surface area is 86.5 Å². The van der Waals surface area contributed by atoms with Gasteiger partial charge in [0.05, 0.1) is 6.61 Å². The Bertz CT molecular complexity index is 439. The van der Waals surface area contributed by atoms with Crippen LogP contribution in [-0.2, 0) is 0 Å². The Balaban J connectivity index is 2.43. The van der Waals surface area contributed by atoms with Crippen LogP contribution >= 0.6 is 11.8 Å². The van der Waals surface area contributed by atoms with Crippen molar-refractivity contribution in [1.29, 1.82) is 0 Å². The van der Waals surface area contributed by atoms with Gasteiger partial charge in [-0.05, 0) is 31.4 Å². The Morgan fingerprint density at radius 1 is 1.50 bits per heavy atom. The molecule has 0 spiro atoms. The molecule has 2 rings (SSSR count). The molecule has 0 radical (unpaired) electrons. The standard InChI is InChI=1S/C10H11NO2S/c1-3-12-10-11-8-6-7(14-2)4-5-9(8)13-10/h4-6H,3H2,1-2H3. The van der Waals surface area contributed by atoms with Gasteiger partial charge < -0.3 is 9.15 Å². The number of rotatable bonds is 3. The number of benzene rings is 1. The van der Waals surface area contributed by atoms with Crippen LogP contribution in [0.25, 0.3) is 11.1 Å². The molecule has 1 aromatic heterocycles. The highest BCUT2D eigenvalue weighted by Gasteiger charge is 2.06. The van der Waals surface area contributed by atoms with E-state index in [0.29, 0.717) is 12.7 Å². The monoisotopic (exact) mass is 209 g/mol. The van der Waals surface area contributed by atoms with Gasteiger partial charge in [0.15, 0.2) is 5.58 Å². The summed E-state index contributed by atoms with van der Waals surface area (Å²) in [5.74, 6) is 0. The molecule has 74 valence electrons. The lowest BCUT2D eigenvalue weighted by Crippen LogP contribution is -1.89. The zero-order valence-corrected chi connectivity index (χ0v) is 8.93. The second kappa shape index (κ2) is 3.92. The third kappa shape index (κ3) is 1.70. The fourth-order valence-electron chi connectivity index (χ4n) is 1.20. The topological polar surface area (TPSA) is 35.3 Å². The molecule has 0 saturated heterocycles. The van der Waals surface area contributed by atoms with Crippen LogP contribution in [0.15, 0.2) is 27.5 Å². The molecule has 0 amide bonds. The fraction of sp³-hybridized carbons (Fsp3) is 0.300. The minimum absolute atomic E-state index is 0.348. The predicted octanol–water partition coefficient (Wildman–Crippen LogP) is 2.95. The summed E-state index contributed by atoms with van der Waals surface area (Å²) in [4.78, 5) is 5.38. The van der Waals surface area contributed by atoms with E-state index in [1.165, 1.54) is 4.90 Å². The number of ether oxygens (including phenoxy) is 1. The lowest BCUT2D eigenvalue weighted by Gasteiger charge is -1.92. The van der Waals surface area contributed by atoms with E-state index in [1.54, 1.807) is 11.8 Å². The van der Waals surface area contributed by atoms with Crippen LogP contribution in [0.4, 0.5) is 0 Å². The van der Waals surface area contributed by atoms with Gasteiger partial charge in [-0.2, -0.15) is 4.98 Å². The van der Waals surface area contributed by atoms with Crippen molar-refractivity contribution < 1.29 is 9.15 Å². The molecule has 1 heterocycles. The van der Waals surface area contributed by atoms with E-state index < -0.39 is 0 Å². The molecular formula is C10H11NO2S. The zero-order valence-electron chi connectivity index (χ0n) is 8.11. The largest absolute Gasteiger partial charge is 0.450 e. The highest BCUT2D eigenvalue weighted by atomic mass is 32.2. The Kier molecular flexibility index (Phi) is 2.63. The average molecular weight is 209 g/mol. The van der Waals surface area contributed by atoms with Crippen molar-refractivity contribution in [2.75, 3.05) is 12.9 Å². The summed E-state index contributed by atoms with van der Waals surface area (Å²) >= 11 is 1.68. The maximum absolute atomic E-state index is 5.37. The number of thioether (sulfide) groups is 1. The second-order valence-corrected chi connectivity index (χ2v) is 3.63. The number of aromatic nitrogens is 1. The summed E-state index contributed by atoms with van der Waals surface area (Å²) in [5, 5.41) is 0. The molecule has 0 atom stereocenters. The van der Waals surface area contributed by atoms with Crippen molar-refractivity contribution in [3.8, 4) is 6.08 Å². The lowest BCUT2D eigenvalue weighted by atomic mass is 10.3. The maximum atomic E-state index is 5.37. The van der Waals surface area contributed by atoms with E-state index in [9.17, 15) is 0 Å². The number of hydrogen-bond acceptors (Lipinski definition) is 4. The molecule has 0 aliphatic carbocycles. The van der Waals surface area contributed by atoms with E-state index >= 15 is 0 Å². The molecule has 0 aliphatic heterocycles. The van der Waals surface area contributed by atoms with Crippen molar-refractivity contribution in [2.24, 2.45) is 0 Å². The highest BCUT2D eigenvalue weighted by Crippen LogP contribution is 2.24. The first-order valence-electron chi connectivity index (χ1n) is 4.41. The number of oxazole rings is 1. The molecule has 0 fully saturated rings. The van der Waals surface area contributed by atoms with Gasteiger partial charge in [-0.1, -0.05) is 0 Å². The minimum Gasteiger partial charge on any atom is -0.450 e. The van der Waals surface area contributed by atoms with Gasteiger partial charge >= 0.3 is 6.08 Å². The first kappa shape index (κ1) is 9.40. The summed E-state index contributed by atoms with van der Waals surface area (Å²) in [5.41, 5.74) is 1.62. The van der Waals surface area contributed by atoms with Crippen LogP contribution in [0.1, 0.15) is 6.92 Å². The average Bonchev–Trinajstić information content (AvgIpc) is 2.59. The molecule has 0 N–H and O–H groups in total. The van der Waals surface area contributed by atoms with Crippen LogP contribution in [0.5, 0.6) is 6.08 Å². The van der Waals surface area contributed by atoms with Crippen LogP contribution in [0.3, 0.4) is 0 Å². The van der Waals surface area contributed by atoms with Gasteiger partial charge in [0.2, 0.25) is 0 Å². The summed E-state index contributed by atoms with van der Waals surface area (Å²) in [6, 6.07) is 5.91. The van der Waals surface area contributed by atoms with Gasteiger partial charge in [0, 0.05) is 4.90 Å². The maximum Gasteiger partial charge on any atom is 0.394 e. The van der Waals surface area contributed by atoms with Crippen molar-refractivity contribution in [3.63, 3.8) is 0 Å². The molecule has 2 aromatic rings. The van der Waals surface area contributed by atoms with E-state index in [0.717, 1.165) is 11.1 Å². The quantitative estimate of drug-likeness (QED) is 0.728. The van der Waals surface area contributed by atoms with Crippen molar-refractivity contribution in [1.82, 2.24) is 4.98 Å². The van der Waals surface area contributed by atoms with E-state index in [2.05, 4.69) is 4.98 Å². The summed E-state index contributed by atoms with van der Waals surface area (Å²) in [6.07, 6.45) is 2.38. The van der Waals surface area contributed by atoms with Crippen LogP contribution < -0.4 is 4.74 Å². The Morgan fingerprint density at radius 3 is 3.07 bits per heavy atom. The van der Waals surface area contributed by atoms with Gasteiger partial charge in [0.1, 0.15) is 5.52 Å². The first-order valence-corrected chi connectivity index (χ1v) is 5.63. The first-order chi connectivity index (χ1) is 6.83. The molecule has 1 aromatic carbocycles. The van der Waals surface area contributed by atoms with Crippen LogP contribution in [-0.4, -0.2) is 17.8 Å². The van der Waals surface area contributed by atoms with Crippen molar-refractivity contribution >= 4 is 22.9 Å². The Hall–Kier alpha value is -1.16. The lowest BCUT2D eigenvalue weighted by molar-refractivity contribution is 0.251. The summed E-state index contributed by atoms with van der Waals surface area (Å²) in [6.45, 7) is 2.48. The normalized spacial score (nSPS) is 10.7. The molecular weight excluding hydrogens is 198 g/mol. The second-order valence-electron chi connectivity index (χ2n) is 2.75. The van der Waals surface area contributed by atoms with Gasteiger partial charge in [-0.25, -0.2) is 0 Å². The van der Waals surface area contributed by atoms with Crippen molar-refractivity contribution in [2.45, 2.75) is 11.8 Å². The smallest absolute Gasteiger partial charge is 0.394 e.